The normalized spacial score (nSPS) is 25.7. The van der Waals surface area contributed by atoms with Gasteiger partial charge >= 0.3 is 6.61 Å². The number of para-hydroxylation sites is 3. The fourth-order valence-electron chi connectivity index (χ4n) is 5.13. The number of aromatic nitrogens is 2. The number of hydrogen-bond donors (Lipinski definition) is 1. The quantitative estimate of drug-likeness (QED) is 0.689. The Kier molecular flexibility index (Phi) is 5.09. The average Bonchev–Trinajstić information content (AvgIpc) is 3.36. The highest BCUT2D eigenvalue weighted by atomic mass is 19.3. The zero-order valence-electron chi connectivity index (χ0n) is 16.8. The predicted molar refractivity (Wildman–Crippen MR) is 110 cm³/mol. The third-order valence-electron chi connectivity index (χ3n) is 6.57. The van der Waals surface area contributed by atoms with E-state index in [0.29, 0.717) is 19.5 Å². The van der Waals surface area contributed by atoms with Gasteiger partial charge in [-0.05, 0) is 48.9 Å². The van der Waals surface area contributed by atoms with Crippen LogP contribution in [0.25, 0.3) is 11.0 Å². The van der Waals surface area contributed by atoms with Crippen LogP contribution in [0.15, 0.2) is 54.9 Å². The molecular weight excluding hydrogens is 404 g/mol. The van der Waals surface area contributed by atoms with Crippen molar-refractivity contribution in [3.05, 3.63) is 60.4 Å². The van der Waals surface area contributed by atoms with Gasteiger partial charge in [-0.1, -0.05) is 24.3 Å². The summed E-state index contributed by atoms with van der Waals surface area (Å²) in [6.07, 6.45) is 2.55. The Morgan fingerprint density at radius 1 is 1.06 bits per heavy atom. The van der Waals surface area contributed by atoms with E-state index in [1.165, 1.54) is 12.1 Å². The molecule has 2 heterocycles. The van der Waals surface area contributed by atoms with Crippen LogP contribution < -0.4 is 4.74 Å². The van der Waals surface area contributed by atoms with E-state index in [1.54, 1.807) is 23.4 Å². The van der Waals surface area contributed by atoms with Gasteiger partial charge in [0.25, 0.3) is 5.91 Å². The number of fused-ring (bicyclic) bond motifs is 2. The summed E-state index contributed by atoms with van der Waals surface area (Å²) in [7, 11) is 0. The molecule has 31 heavy (non-hydrogen) atoms. The van der Waals surface area contributed by atoms with Crippen molar-refractivity contribution in [1.29, 1.82) is 0 Å². The molecule has 0 radical (unpaired) electrons. The summed E-state index contributed by atoms with van der Waals surface area (Å²) >= 11 is 0. The van der Waals surface area contributed by atoms with Gasteiger partial charge < -0.3 is 19.3 Å². The van der Waals surface area contributed by atoms with Crippen LogP contribution in [0.3, 0.4) is 0 Å². The maximum atomic E-state index is 13.1. The molecule has 1 aromatic heterocycles. The molecule has 1 N–H and O–H groups in total. The second-order valence-electron chi connectivity index (χ2n) is 8.35. The maximum absolute atomic E-state index is 13.1. The topological polar surface area (TPSA) is 67.6 Å². The fourth-order valence-corrected chi connectivity index (χ4v) is 5.13. The van der Waals surface area contributed by atoms with Gasteiger partial charge in [0.15, 0.2) is 0 Å². The Bertz CT molecular complexity index is 1100. The third-order valence-corrected chi connectivity index (χ3v) is 6.57. The molecule has 8 heteroatoms. The minimum atomic E-state index is -2.99. The van der Waals surface area contributed by atoms with Crippen molar-refractivity contribution in [2.24, 2.45) is 11.8 Å². The summed E-state index contributed by atoms with van der Waals surface area (Å²) in [6.45, 7) is -1.96. The van der Waals surface area contributed by atoms with E-state index in [4.69, 9.17) is 0 Å². The van der Waals surface area contributed by atoms with Gasteiger partial charge in [0.05, 0.1) is 35.1 Å². The lowest BCUT2D eigenvalue weighted by Crippen LogP contribution is -2.36. The Balaban J connectivity index is 1.35. The summed E-state index contributed by atoms with van der Waals surface area (Å²) < 4.78 is 32.0. The van der Waals surface area contributed by atoms with E-state index >= 15 is 0 Å². The number of rotatable bonds is 4. The summed E-state index contributed by atoms with van der Waals surface area (Å²) in [5.74, 6) is -0.0280. The Hall–Kier alpha value is -3.00. The van der Waals surface area contributed by atoms with Crippen molar-refractivity contribution in [2.45, 2.75) is 31.6 Å². The number of nitrogens with zero attached hydrogens (tertiary/aromatic N) is 3. The number of aliphatic hydroxyl groups is 1. The molecule has 0 spiro atoms. The van der Waals surface area contributed by atoms with Crippen molar-refractivity contribution < 1.29 is 23.4 Å². The molecule has 162 valence electrons. The molecule has 1 aliphatic carbocycles. The highest BCUT2D eigenvalue weighted by Crippen LogP contribution is 2.42. The molecule has 6 nitrogen and oxygen atoms in total. The van der Waals surface area contributed by atoms with Gasteiger partial charge in [-0.3, -0.25) is 4.79 Å². The number of alkyl halides is 2. The number of carbonyl (C=O) groups excluding carboxylic acids is 1. The van der Waals surface area contributed by atoms with E-state index < -0.39 is 12.7 Å². The number of ether oxygens (including phenoxy) is 1. The average molecular weight is 427 g/mol. The first-order valence-electron chi connectivity index (χ1n) is 10.4. The van der Waals surface area contributed by atoms with Gasteiger partial charge in [0, 0.05) is 13.1 Å². The van der Waals surface area contributed by atoms with Gasteiger partial charge in [0.2, 0.25) is 0 Å². The van der Waals surface area contributed by atoms with Crippen molar-refractivity contribution in [3.8, 4) is 5.75 Å². The maximum Gasteiger partial charge on any atom is 0.387 e. The van der Waals surface area contributed by atoms with E-state index in [0.717, 1.165) is 17.5 Å². The largest absolute Gasteiger partial charge is 0.434 e. The second-order valence-corrected chi connectivity index (χ2v) is 8.35. The predicted octanol–water partition coefficient (Wildman–Crippen LogP) is 3.72. The van der Waals surface area contributed by atoms with Crippen LogP contribution in [0.1, 0.15) is 29.2 Å². The Labute approximate surface area is 178 Å². The molecule has 1 aliphatic heterocycles. The Morgan fingerprint density at radius 3 is 2.58 bits per heavy atom. The molecule has 0 unspecified atom stereocenters. The number of imidazole rings is 1. The van der Waals surface area contributed by atoms with E-state index in [2.05, 4.69) is 9.72 Å². The van der Waals surface area contributed by atoms with Crippen LogP contribution in [0.2, 0.25) is 0 Å². The number of likely N-dealkylation sites (tertiary alicyclic amines) is 1. The molecule has 4 atom stereocenters. The van der Waals surface area contributed by atoms with Gasteiger partial charge in [0.1, 0.15) is 5.75 Å². The molecular formula is C23H23F2N3O3. The van der Waals surface area contributed by atoms with Crippen LogP contribution in [-0.4, -0.2) is 51.3 Å². The molecule has 2 fully saturated rings. The summed E-state index contributed by atoms with van der Waals surface area (Å²) in [4.78, 5) is 19.2. The van der Waals surface area contributed by atoms with Gasteiger partial charge in [-0.15, -0.1) is 0 Å². The zero-order valence-corrected chi connectivity index (χ0v) is 16.8. The number of carbonyl (C=O) groups is 1. The van der Waals surface area contributed by atoms with E-state index in [9.17, 15) is 18.7 Å². The van der Waals surface area contributed by atoms with Gasteiger partial charge in [-0.25, -0.2) is 4.98 Å². The molecule has 1 saturated carbocycles. The molecule has 5 rings (SSSR count). The van der Waals surface area contributed by atoms with Crippen molar-refractivity contribution in [1.82, 2.24) is 14.5 Å². The Morgan fingerprint density at radius 2 is 1.77 bits per heavy atom. The molecule has 0 bridgehead atoms. The van der Waals surface area contributed by atoms with Crippen molar-refractivity contribution >= 4 is 16.9 Å². The van der Waals surface area contributed by atoms with E-state index in [1.807, 2.05) is 28.8 Å². The first kappa shape index (κ1) is 19.9. The minimum absolute atomic E-state index is 0.111. The van der Waals surface area contributed by atoms with Crippen LogP contribution in [0.5, 0.6) is 5.75 Å². The number of aliphatic hydroxyl groups excluding tert-OH is 1. The lowest BCUT2D eigenvalue weighted by Gasteiger charge is -2.36. The lowest BCUT2D eigenvalue weighted by molar-refractivity contribution is -0.0502. The smallest absolute Gasteiger partial charge is 0.387 e. The van der Waals surface area contributed by atoms with Crippen molar-refractivity contribution in [2.75, 3.05) is 13.1 Å². The summed E-state index contributed by atoms with van der Waals surface area (Å²) in [5.41, 5.74) is 2.00. The summed E-state index contributed by atoms with van der Waals surface area (Å²) in [6, 6.07) is 13.8. The van der Waals surface area contributed by atoms with Crippen LogP contribution in [0.4, 0.5) is 8.78 Å². The lowest BCUT2D eigenvalue weighted by atomic mass is 9.77. The number of benzene rings is 2. The first-order chi connectivity index (χ1) is 15.0. The molecule has 2 aliphatic rings. The van der Waals surface area contributed by atoms with Crippen LogP contribution >= 0.6 is 0 Å². The molecule has 2 aromatic carbocycles. The standard InChI is InChI=1S/C23H23F2N3O3/c24-23(25)31-21-8-4-1-5-16(21)22(30)27-11-14-9-19(20(29)10-15(14)12-27)28-13-26-17-6-2-3-7-18(17)28/h1-8,13-15,19-20,23,29H,9-12H2/t14-,15+,19-,20-/m1/s1. The third kappa shape index (κ3) is 3.65. The van der Waals surface area contributed by atoms with Crippen LogP contribution in [-0.2, 0) is 0 Å². The van der Waals surface area contributed by atoms with Crippen LogP contribution in [0, 0.1) is 11.8 Å². The van der Waals surface area contributed by atoms with Gasteiger partial charge in [-0.2, -0.15) is 8.78 Å². The summed E-state index contributed by atoms with van der Waals surface area (Å²) in [5, 5.41) is 10.9. The van der Waals surface area contributed by atoms with Crippen molar-refractivity contribution in [3.63, 3.8) is 0 Å². The molecule has 3 aromatic rings. The highest BCUT2D eigenvalue weighted by molar-refractivity contribution is 5.97. The fraction of sp³-hybridized carbons (Fsp3) is 0.391. The number of hydrogen-bond acceptors (Lipinski definition) is 4. The van der Waals surface area contributed by atoms with E-state index in [-0.39, 0.29) is 35.1 Å². The first-order valence-corrected chi connectivity index (χ1v) is 10.4. The zero-order chi connectivity index (χ0) is 21.5. The molecule has 1 amide bonds. The monoisotopic (exact) mass is 427 g/mol. The second kappa shape index (κ2) is 7.92. The molecule has 1 saturated heterocycles. The SMILES string of the molecule is O=C(c1ccccc1OC(F)F)N1C[C@H]2C[C@@H](n3cnc4ccccc43)[C@H](O)C[C@H]2C1. The number of amides is 1. The highest BCUT2D eigenvalue weighted by Gasteiger charge is 2.44. The number of halogens is 2. The minimum Gasteiger partial charge on any atom is -0.434 e.